The van der Waals surface area contributed by atoms with Crippen molar-refractivity contribution in [2.45, 2.75) is 17.7 Å². The van der Waals surface area contributed by atoms with Crippen LogP contribution in [0.25, 0.3) is 0 Å². The molecular formula is C9H18N4O2S2. The van der Waals surface area contributed by atoms with E-state index in [1.165, 1.54) is 10.9 Å². The Morgan fingerprint density at radius 1 is 1.53 bits per heavy atom. The van der Waals surface area contributed by atoms with E-state index in [0.29, 0.717) is 6.54 Å². The summed E-state index contributed by atoms with van der Waals surface area (Å²) in [7, 11) is -1.89. The van der Waals surface area contributed by atoms with Crippen LogP contribution in [-0.4, -0.2) is 36.8 Å². The normalized spacial score (nSPS) is 11.9. The third-order valence-corrected chi connectivity index (χ3v) is 4.35. The quantitative estimate of drug-likeness (QED) is 0.706. The lowest BCUT2D eigenvalue weighted by atomic mass is 10.3. The molecule has 0 atom stereocenters. The first-order chi connectivity index (χ1) is 7.97. The standard InChI is InChI=1S/C9H18N4O2S2/c1-13-7-8(9(10)12-13)17(14,15)11-5-3-4-6-16-2/h7,11H,3-6H2,1-2H3,(H2,10,12). The molecule has 1 aromatic rings. The van der Waals surface area contributed by atoms with Crippen molar-refractivity contribution in [1.29, 1.82) is 0 Å². The average molecular weight is 278 g/mol. The number of nitrogens with zero attached hydrogens (tertiary/aromatic N) is 2. The van der Waals surface area contributed by atoms with Crippen molar-refractivity contribution in [2.24, 2.45) is 7.05 Å². The molecule has 0 aliphatic rings. The number of thioether (sulfide) groups is 1. The smallest absolute Gasteiger partial charge is 0.245 e. The Labute approximate surface area is 106 Å². The van der Waals surface area contributed by atoms with E-state index in [-0.39, 0.29) is 10.7 Å². The highest BCUT2D eigenvalue weighted by molar-refractivity contribution is 7.98. The van der Waals surface area contributed by atoms with Gasteiger partial charge < -0.3 is 5.73 Å². The highest BCUT2D eigenvalue weighted by Crippen LogP contribution is 2.15. The Morgan fingerprint density at radius 3 is 2.76 bits per heavy atom. The predicted molar refractivity (Wildman–Crippen MR) is 70.4 cm³/mol. The molecule has 0 amide bonds. The first kappa shape index (κ1) is 14.3. The van der Waals surface area contributed by atoms with Gasteiger partial charge in [-0.1, -0.05) is 0 Å². The van der Waals surface area contributed by atoms with E-state index in [2.05, 4.69) is 9.82 Å². The van der Waals surface area contributed by atoms with Gasteiger partial charge in [0.1, 0.15) is 4.90 Å². The van der Waals surface area contributed by atoms with Crippen LogP contribution in [0.4, 0.5) is 5.82 Å². The van der Waals surface area contributed by atoms with Crippen molar-refractivity contribution < 1.29 is 8.42 Å². The van der Waals surface area contributed by atoms with Gasteiger partial charge in [-0.3, -0.25) is 4.68 Å². The number of unbranched alkanes of at least 4 members (excludes halogenated alkanes) is 1. The van der Waals surface area contributed by atoms with Crippen LogP contribution in [0.2, 0.25) is 0 Å². The number of aryl methyl sites for hydroxylation is 1. The molecule has 0 spiro atoms. The number of nitrogens with one attached hydrogen (secondary N) is 1. The van der Waals surface area contributed by atoms with Crippen molar-refractivity contribution in [2.75, 3.05) is 24.3 Å². The van der Waals surface area contributed by atoms with E-state index in [1.54, 1.807) is 18.8 Å². The van der Waals surface area contributed by atoms with Crippen LogP contribution in [0.15, 0.2) is 11.1 Å². The molecule has 0 bridgehead atoms. The second-order valence-corrected chi connectivity index (χ2v) is 6.37. The minimum Gasteiger partial charge on any atom is -0.381 e. The van der Waals surface area contributed by atoms with E-state index >= 15 is 0 Å². The maximum Gasteiger partial charge on any atom is 0.245 e. The van der Waals surface area contributed by atoms with Gasteiger partial charge in [-0.2, -0.15) is 16.9 Å². The third-order valence-electron chi connectivity index (χ3n) is 2.18. The average Bonchev–Trinajstić information content (AvgIpc) is 2.58. The molecule has 0 aliphatic heterocycles. The largest absolute Gasteiger partial charge is 0.381 e. The molecule has 0 aliphatic carbocycles. The van der Waals surface area contributed by atoms with Gasteiger partial charge in [-0.05, 0) is 24.9 Å². The third kappa shape index (κ3) is 4.21. The molecule has 1 heterocycles. The second kappa shape index (κ2) is 6.27. The van der Waals surface area contributed by atoms with Gasteiger partial charge in [0.15, 0.2) is 5.82 Å². The monoisotopic (exact) mass is 278 g/mol. The van der Waals surface area contributed by atoms with Gasteiger partial charge in [0.05, 0.1) is 0 Å². The lowest BCUT2D eigenvalue weighted by Crippen LogP contribution is -2.25. The summed E-state index contributed by atoms with van der Waals surface area (Å²) in [5.74, 6) is 1.07. The predicted octanol–water partition coefficient (Wildman–Crippen LogP) is 0.424. The lowest BCUT2D eigenvalue weighted by Gasteiger charge is -2.04. The SMILES string of the molecule is CSCCCCNS(=O)(=O)c1cn(C)nc1N. The molecule has 17 heavy (non-hydrogen) atoms. The van der Waals surface area contributed by atoms with Crippen molar-refractivity contribution in [1.82, 2.24) is 14.5 Å². The Hall–Kier alpha value is -0.730. The molecule has 0 aromatic carbocycles. The van der Waals surface area contributed by atoms with Crippen LogP contribution in [0.5, 0.6) is 0 Å². The van der Waals surface area contributed by atoms with E-state index < -0.39 is 10.0 Å². The molecule has 0 unspecified atom stereocenters. The van der Waals surface area contributed by atoms with Crippen LogP contribution in [0.3, 0.4) is 0 Å². The zero-order chi connectivity index (χ0) is 12.9. The Kier molecular flexibility index (Phi) is 5.29. The minimum absolute atomic E-state index is 0.0316. The maximum absolute atomic E-state index is 11.8. The van der Waals surface area contributed by atoms with Gasteiger partial charge in [0.25, 0.3) is 0 Å². The molecule has 1 aromatic heterocycles. The van der Waals surface area contributed by atoms with Crippen LogP contribution >= 0.6 is 11.8 Å². The fraction of sp³-hybridized carbons (Fsp3) is 0.667. The number of hydrogen-bond acceptors (Lipinski definition) is 5. The topological polar surface area (TPSA) is 90.0 Å². The summed E-state index contributed by atoms with van der Waals surface area (Å²) in [4.78, 5) is 0.0462. The molecule has 8 heteroatoms. The maximum atomic E-state index is 11.8. The molecule has 6 nitrogen and oxygen atoms in total. The number of nitrogens with two attached hydrogens (primary N) is 1. The van der Waals surface area contributed by atoms with Gasteiger partial charge in [0, 0.05) is 19.8 Å². The summed E-state index contributed by atoms with van der Waals surface area (Å²) < 4.78 is 27.6. The molecule has 3 N–H and O–H groups in total. The zero-order valence-corrected chi connectivity index (χ0v) is 11.6. The van der Waals surface area contributed by atoms with Crippen LogP contribution in [0.1, 0.15) is 12.8 Å². The number of nitrogen functional groups attached to an aromatic ring is 1. The molecule has 0 saturated heterocycles. The fourth-order valence-electron chi connectivity index (χ4n) is 1.35. The number of aromatic nitrogens is 2. The Balaban J connectivity index is 2.54. The summed E-state index contributed by atoms with van der Waals surface area (Å²) in [5, 5.41) is 3.81. The highest BCUT2D eigenvalue weighted by Gasteiger charge is 2.19. The summed E-state index contributed by atoms with van der Waals surface area (Å²) >= 11 is 1.75. The zero-order valence-electron chi connectivity index (χ0n) is 10.0. The van der Waals surface area contributed by atoms with Gasteiger partial charge in [-0.25, -0.2) is 13.1 Å². The van der Waals surface area contributed by atoms with Crippen LogP contribution < -0.4 is 10.5 Å². The highest BCUT2D eigenvalue weighted by atomic mass is 32.2. The summed E-state index contributed by atoms with van der Waals surface area (Å²) in [6.07, 6.45) is 5.24. The van der Waals surface area contributed by atoms with Crippen molar-refractivity contribution in [3.8, 4) is 0 Å². The van der Waals surface area contributed by atoms with Crippen LogP contribution in [-0.2, 0) is 17.1 Å². The second-order valence-electron chi connectivity index (χ2n) is 3.65. The van der Waals surface area contributed by atoms with E-state index in [4.69, 9.17) is 5.73 Å². The Morgan fingerprint density at radius 2 is 2.24 bits per heavy atom. The molecule has 1 rings (SSSR count). The van der Waals surface area contributed by atoms with Crippen LogP contribution in [0, 0.1) is 0 Å². The summed E-state index contributed by atoms with van der Waals surface area (Å²) in [6.45, 7) is 0.428. The van der Waals surface area contributed by atoms with Gasteiger partial charge >= 0.3 is 0 Å². The number of anilines is 1. The summed E-state index contributed by atoms with van der Waals surface area (Å²) in [5.41, 5.74) is 5.52. The lowest BCUT2D eigenvalue weighted by molar-refractivity contribution is 0.578. The first-order valence-electron chi connectivity index (χ1n) is 5.25. The Bertz CT molecular complexity index is 456. The molecule has 0 radical (unpaired) electrons. The fourth-order valence-corrected chi connectivity index (χ4v) is 3.02. The minimum atomic E-state index is -3.52. The first-order valence-corrected chi connectivity index (χ1v) is 8.13. The number of hydrogen-bond donors (Lipinski definition) is 2. The van der Waals surface area contributed by atoms with Gasteiger partial charge in [-0.15, -0.1) is 0 Å². The van der Waals surface area contributed by atoms with Gasteiger partial charge in [0.2, 0.25) is 10.0 Å². The van der Waals surface area contributed by atoms with Crippen molar-refractivity contribution in [3.05, 3.63) is 6.20 Å². The van der Waals surface area contributed by atoms with Crippen molar-refractivity contribution in [3.63, 3.8) is 0 Å². The van der Waals surface area contributed by atoms with E-state index in [1.807, 2.05) is 6.26 Å². The molecule has 98 valence electrons. The van der Waals surface area contributed by atoms with Crippen molar-refractivity contribution >= 4 is 27.6 Å². The summed E-state index contributed by atoms with van der Waals surface area (Å²) in [6, 6.07) is 0. The number of rotatable bonds is 7. The number of sulfonamides is 1. The molecular weight excluding hydrogens is 260 g/mol. The van der Waals surface area contributed by atoms with E-state index in [0.717, 1.165) is 18.6 Å². The van der Waals surface area contributed by atoms with E-state index in [9.17, 15) is 8.42 Å². The molecule has 0 saturated carbocycles. The molecule has 0 fully saturated rings.